The molecule has 0 aromatic heterocycles. The molecule has 1 unspecified atom stereocenters. The van der Waals surface area contributed by atoms with Gasteiger partial charge in [-0.1, -0.05) is 30.3 Å². The molecule has 2 rings (SSSR count). The molecule has 0 aliphatic carbocycles. The average Bonchev–Trinajstić information content (AvgIpc) is 2.58. The summed E-state index contributed by atoms with van der Waals surface area (Å²) in [5.41, 5.74) is 2.18. The Labute approximate surface area is 145 Å². The van der Waals surface area contributed by atoms with Crippen LogP contribution in [0, 0.1) is 5.92 Å². The molecule has 1 aromatic rings. The van der Waals surface area contributed by atoms with Crippen LogP contribution in [-0.2, 0) is 20.2 Å². The molecule has 2 N–H and O–H groups in total. The molecule has 0 fully saturated rings. The lowest BCUT2D eigenvalue weighted by molar-refractivity contribution is -0.143. The van der Waals surface area contributed by atoms with Crippen molar-refractivity contribution in [3.8, 4) is 0 Å². The van der Waals surface area contributed by atoms with Gasteiger partial charge >= 0.3 is 11.9 Å². The van der Waals surface area contributed by atoms with Crippen LogP contribution in [0.4, 0.5) is 0 Å². The first-order valence-corrected chi connectivity index (χ1v) is 8.57. The van der Waals surface area contributed by atoms with Gasteiger partial charge in [-0.2, -0.15) is 0 Å². The third-order valence-corrected chi connectivity index (χ3v) is 4.39. The number of carboxylic acid groups (broad SMARTS) is 2. The Bertz CT molecular complexity index is 636. The molecule has 1 aromatic carbocycles. The first-order chi connectivity index (χ1) is 11.6. The molecule has 5 nitrogen and oxygen atoms in total. The van der Waals surface area contributed by atoms with Crippen molar-refractivity contribution < 1.29 is 24.0 Å². The van der Waals surface area contributed by atoms with E-state index >= 15 is 0 Å². The normalized spacial score (nSPS) is 15.0. The Kier molecular flexibility index (Phi) is 6.93. The Balaban J connectivity index is 2.04. The van der Waals surface area contributed by atoms with Crippen LogP contribution < -0.4 is 0 Å². The molecule has 0 spiro atoms. The van der Waals surface area contributed by atoms with Crippen molar-refractivity contribution in [1.82, 2.24) is 0 Å². The van der Waals surface area contributed by atoms with Gasteiger partial charge in [-0.15, -0.1) is 0 Å². The van der Waals surface area contributed by atoms with Crippen LogP contribution in [0.3, 0.4) is 0 Å². The molecule has 0 amide bonds. The number of hydrogen-bond acceptors (Lipinski definition) is 4. The summed E-state index contributed by atoms with van der Waals surface area (Å²) in [6.07, 6.45) is 3.68. The van der Waals surface area contributed by atoms with Gasteiger partial charge < -0.3 is 14.4 Å². The maximum atomic E-state index is 11.4. The SMILES string of the molecule is O=C(O)CCC(CC1=C(CCc2ccccc2)C=CSO1)C(=O)O. The number of carbonyl (C=O) groups is 2. The highest BCUT2D eigenvalue weighted by atomic mass is 32.2. The molecule has 1 heterocycles. The van der Waals surface area contributed by atoms with E-state index in [4.69, 9.17) is 9.29 Å². The molecule has 0 radical (unpaired) electrons. The van der Waals surface area contributed by atoms with Gasteiger partial charge in [-0.25, -0.2) is 0 Å². The zero-order valence-corrected chi connectivity index (χ0v) is 14.0. The highest BCUT2D eigenvalue weighted by Gasteiger charge is 2.23. The molecule has 0 saturated carbocycles. The number of aliphatic carboxylic acids is 2. The zero-order chi connectivity index (χ0) is 17.4. The minimum Gasteiger partial charge on any atom is -0.481 e. The lowest BCUT2D eigenvalue weighted by Crippen LogP contribution is -2.17. The zero-order valence-electron chi connectivity index (χ0n) is 13.2. The molecule has 1 aliphatic heterocycles. The lowest BCUT2D eigenvalue weighted by atomic mass is 9.95. The van der Waals surface area contributed by atoms with E-state index in [0.717, 1.165) is 30.5 Å². The van der Waals surface area contributed by atoms with E-state index < -0.39 is 17.9 Å². The minimum absolute atomic E-state index is 0.0951. The summed E-state index contributed by atoms with van der Waals surface area (Å²) in [6.45, 7) is 0. The molecule has 6 heteroatoms. The second kappa shape index (κ2) is 9.17. The van der Waals surface area contributed by atoms with E-state index in [1.165, 1.54) is 5.56 Å². The molecular formula is C18H20O5S. The smallest absolute Gasteiger partial charge is 0.306 e. The fourth-order valence-electron chi connectivity index (χ4n) is 2.49. The number of carboxylic acids is 2. The van der Waals surface area contributed by atoms with Crippen LogP contribution in [0.25, 0.3) is 0 Å². The van der Waals surface area contributed by atoms with Gasteiger partial charge in [0.1, 0.15) is 5.76 Å². The monoisotopic (exact) mass is 348 g/mol. The average molecular weight is 348 g/mol. The summed E-state index contributed by atoms with van der Waals surface area (Å²) in [5.74, 6) is -2.10. The number of allylic oxidation sites excluding steroid dienone is 3. The number of aryl methyl sites for hydroxylation is 1. The van der Waals surface area contributed by atoms with Crippen LogP contribution in [0.5, 0.6) is 0 Å². The van der Waals surface area contributed by atoms with Crippen LogP contribution in [0.15, 0.2) is 53.1 Å². The fraction of sp³-hybridized carbons (Fsp3) is 0.333. The Hall–Kier alpha value is -2.21. The van der Waals surface area contributed by atoms with Crippen molar-refractivity contribution in [3.05, 3.63) is 58.7 Å². The Morgan fingerprint density at radius 3 is 2.54 bits per heavy atom. The maximum absolute atomic E-state index is 11.4. The molecule has 1 atom stereocenters. The molecule has 128 valence electrons. The predicted molar refractivity (Wildman–Crippen MR) is 92.2 cm³/mol. The maximum Gasteiger partial charge on any atom is 0.306 e. The summed E-state index contributed by atoms with van der Waals surface area (Å²) in [5, 5.41) is 19.9. The minimum atomic E-state index is -0.991. The van der Waals surface area contributed by atoms with E-state index in [9.17, 15) is 14.7 Å². The van der Waals surface area contributed by atoms with Gasteiger partial charge in [-0.05, 0) is 36.5 Å². The van der Waals surface area contributed by atoms with Crippen molar-refractivity contribution in [3.63, 3.8) is 0 Å². The number of hydrogen-bond donors (Lipinski definition) is 2. The molecule has 0 saturated heterocycles. The van der Waals surface area contributed by atoms with Crippen LogP contribution in [0.1, 0.15) is 31.2 Å². The topological polar surface area (TPSA) is 83.8 Å². The standard InChI is InChI=1S/C18H20O5S/c19-17(20)9-8-15(18(21)22)12-16-14(10-11-24-23-16)7-6-13-4-2-1-3-5-13/h1-5,10-11,15H,6-9,12H2,(H,19,20)(H,21,22). The summed E-state index contributed by atoms with van der Waals surface area (Å²) in [4.78, 5) is 22.1. The fourth-order valence-corrected chi connectivity index (χ4v) is 3.05. The molecule has 1 aliphatic rings. The summed E-state index contributed by atoms with van der Waals surface area (Å²) < 4.78 is 5.57. The van der Waals surface area contributed by atoms with E-state index in [0.29, 0.717) is 5.76 Å². The highest BCUT2D eigenvalue weighted by Crippen LogP contribution is 2.31. The Morgan fingerprint density at radius 1 is 1.12 bits per heavy atom. The molecule has 24 heavy (non-hydrogen) atoms. The van der Waals surface area contributed by atoms with Crippen LogP contribution >= 0.6 is 12.0 Å². The third-order valence-electron chi connectivity index (χ3n) is 3.85. The number of rotatable bonds is 9. The van der Waals surface area contributed by atoms with Gasteiger partial charge in [-0.3, -0.25) is 9.59 Å². The van der Waals surface area contributed by atoms with Gasteiger partial charge in [0.15, 0.2) is 0 Å². The van der Waals surface area contributed by atoms with Crippen molar-refractivity contribution >= 4 is 24.0 Å². The molecule has 0 bridgehead atoms. The van der Waals surface area contributed by atoms with Crippen molar-refractivity contribution in [2.75, 3.05) is 0 Å². The largest absolute Gasteiger partial charge is 0.481 e. The highest BCUT2D eigenvalue weighted by molar-refractivity contribution is 7.97. The van der Waals surface area contributed by atoms with Crippen LogP contribution in [-0.4, -0.2) is 22.2 Å². The summed E-state index contributed by atoms with van der Waals surface area (Å²) in [7, 11) is 0. The number of benzene rings is 1. The third kappa shape index (κ3) is 5.77. The Morgan fingerprint density at radius 2 is 1.88 bits per heavy atom. The van der Waals surface area contributed by atoms with E-state index in [1.807, 2.05) is 29.7 Å². The van der Waals surface area contributed by atoms with E-state index in [1.54, 1.807) is 0 Å². The predicted octanol–water partition coefficient (Wildman–Crippen LogP) is 4.02. The van der Waals surface area contributed by atoms with Gasteiger partial charge in [0.05, 0.1) is 18.0 Å². The summed E-state index contributed by atoms with van der Waals surface area (Å²) in [6, 6.07) is 10.0. The second-order valence-corrected chi connectivity index (χ2v) is 6.22. The van der Waals surface area contributed by atoms with Gasteiger partial charge in [0.25, 0.3) is 0 Å². The van der Waals surface area contributed by atoms with E-state index in [-0.39, 0.29) is 19.3 Å². The molecular weight excluding hydrogens is 328 g/mol. The lowest BCUT2D eigenvalue weighted by Gasteiger charge is -2.19. The van der Waals surface area contributed by atoms with E-state index in [2.05, 4.69) is 12.1 Å². The first kappa shape index (κ1) is 18.1. The van der Waals surface area contributed by atoms with Gasteiger partial charge in [0, 0.05) is 18.2 Å². The first-order valence-electron chi connectivity index (χ1n) is 7.76. The van der Waals surface area contributed by atoms with Crippen molar-refractivity contribution in [1.29, 1.82) is 0 Å². The summed E-state index contributed by atoms with van der Waals surface area (Å²) >= 11 is 1.16. The van der Waals surface area contributed by atoms with Crippen molar-refractivity contribution in [2.24, 2.45) is 5.92 Å². The van der Waals surface area contributed by atoms with Crippen LogP contribution in [0.2, 0.25) is 0 Å². The van der Waals surface area contributed by atoms with Gasteiger partial charge in [0.2, 0.25) is 0 Å². The second-order valence-electron chi connectivity index (χ2n) is 5.59. The quantitative estimate of drug-likeness (QED) is 0.656. The van der Waals surface area contributed by atoms with Crippen molar-refractivity contribution in [2.45, 2.75) is 32.1 Å².